The molecule has 1 atom stereocenters. The van der Waals surface area contributed by atoms with Crippen molar-refractivity contribution in [3.63, 3.8) is 0 Å². The lowest BCUT2D eigenvalue weighted by Gasteiger charge is -2.14. The Hall–Kier alpha value is -3.15. The van der Waals surface area contributed by atoms with E-state index in [0.29, 0.717) is 5.56 Å². The first-order valence-corrected chi connectivity index (χ1v) is 7.71. The number of carbonyl (C=O) groups excluding carboxylic acids is 2. The second-order valence-corrected chi connectivity index (χ2v) is 5.58. The molecule has 6 heteroatoms. The van der Waals surface area contributed by atoms with Crippen molar-refractivity contribution in [1.82, 2.24) is 15.0 Å². The van der Waals surface area contributed by atoms with Crippen LogP contribution in [0, 0.1) is 0 Å². The number of hydrogen-bond acceptors (Lipinski definition) is 3. The van der Waals surface area contributed by atoms with Gasteiger partial charge in [-0.2, -0.15) is 0 Å². The summed E-state index contributed by atoms with van der Waals surface area (Å²) in [7, 11) is 0. The summed E-state index contributed by atoms with van der Waals surface area (Å²) in [5.41, 5.74) is 4.98. The Morgan fingerprint density at radius 3 is 2.58 bits per heavy atom. The Morgan fingerprint density at radius 2 is 1.79 bits per heavy atom. The summed E-state index contributed by atoms with van der Waals surface area (Å²) >= 11 is 0. The predicted octanol–water partition coefficient (Wildman–Crippen LogP) is 2.31. The van der Waals surface area contributed by atoms with Gasteiger partial charge >= 0.3 is 0 Å². The maximum Gasteiger partial charge on any atom is 0.251 e. The van der Waals surface area contributed by atoms with Crippen LogP contribution in [0.1, 0.15) is 23.7 Å². The molecule has 0 bridgehead atoms. The van der Waals surface area contributed by atoms with Gasteiger partial charge in [-0.05, 0) is 31.2 Å². The van der Waals surface area contributed by atoms with Gasteiger partial charge in [0.2, 0.25) is 5.91 Å². The SMILES string of the molecule is CC(CC(=O)Nn1cnc2ccccc21)NC(=O)c1ccccc1. The highest BCUT2D eigenvalue weighted by Crippen LogP contribution is 2.10. The molecule has 1 unspecified atom stereocenters. The summed E-state index contributed by atoms with van der Waals surface area (Å²) in [5.74, 6) is -0.386. The number of hydrogen-bond donors (Lipinski definition) is 2. The predicted molar refractivity (Wildman–Crippen MR) is 92.1 cm³/mol. The molecule has 0 radical (unpaired) electrons. The fraction of sp³-hybridized carbons (Fsp3) is 0.167. The molecule has 0 saturated heterocycles. The molecule has 6 nitrogen and oxygen atoms in total. The highest BCUT2D eigenvalue weighted by Gasteiger charge is 2.14. The van der Waals surface area contributed by atoms with Crippen molar-refractivity contribution >= 4 is 22.8 Å². The van der Waals surface area contributed by atoms with E-state index in [1.165, 1.54) is 0 Å². The molecule has 1 aromatic heterocycles. The lowest BCUT2D eigenvalue weighted by Crippen LogP contribution is -2.36. The quantitative estimate of drug-likeness (QED) is 0.757. The highest BCUT2D eigenvalue weighted by molar-refractivity contribution is 5.95. The molecule has 0 fully saturated rings. The van der Waals surface area contributed by atoms with Crippen LogP contribution in [0.4, 0.5) is 0 Å². The second kappa shape index (κ2) is 6.95. The van der Waals surface area contributed by atoms with E-state index in [1.54, 1.807) is 42.2 Å². The molecule has 3 aromatic rings. The van der Waals surface area contributed by atoms with Crippen LogP contribution in [0.2, 0.25) is 0 Å². The van der Waals surface area contributed by atoms with Crippen LogP contribution in [-0.4, -0.2) is 27.5 Å². The molecule has 0 aliphatic heterocycles. The molecular weight excluding hydrogens is 304 g/mol. The number of nitrogens with zero attached hydrogens (tertiary/aromatic N) is 2. The minimum absolute atomic E-state index is 0.172. The van der Waals surface area contributed by atoms with Crippen LogP contribution in [0.15, 0.2) is 60.9 Å². The standard InChI is InChI=1S/C18H18N4O2/c1-13(20-18(24)14-7-3-2-4-8-14)11-17(23)21-22-12-19-15-9-5-6-10-16(15)22/h2-10,12-13H,11H2,1H3,(H,20,24)(H,21,23). The van der Waals surface area contributed by atoms with Gasteiger partial charge in [-0.25, -0.2) is 9.66 Å². The van der Waals surface area contributed by atoms with E-state index < -0.39 is 0 Å². The minimum Gasteiger partial charge on any atom is -0.349 e. The maximum absolute atomic E-state index is 12.2. The maximum atomic E-state index is 12.2. The van der Waals surface area contributed by atoms with Crippen LogP contribution >= 0.6 is 0 Å². The fourth-order valence-corrected chi connectivity index (χ4v) is 2.45. The van der Waals surface area contributed by atoms with Crippen LogP contribution < -0.4 is 10.7 Å². The first-order valence-electron chi connectivity index (χ1n) is 7.71. The van der Waals surface area contributed by atoms with Crippen LogP contribution in [0.5, 0.6) is 0 Å². The van der Waals surface area contributed by atoms with E-state index in [-0.39, 0.29) is 24.3 Å². The van der Waals surface area contributed by atoms with Gasteiger partial charge in [-0.15, -0.1) is 0 Å². The molecule has 0 aliphatic carbocycles. The first kappa shape index (κ1) is 15.7. The molecular formula is C18H18N4O2. The number of benzene rings is 2. The Labute approximate surface area is 139 Å². The summed E-state index contributed by atoms with van der Waals surface area (Å²) < 4.78 is 1.59. The lowest BCUT2D eigenvalue weighted by atomic mass is 10.2. The number of amides is 2. The third kappa shape index (κ3) is 3.60. The summed E-state index contributed by atoms with van der Waals surface area (Å²) in [6, 6.07) is 16.2. The van der Waals surface area contributed by atoms with E-state index in [0.717, 1.165) is 11.0 Å². The zero-order valence-electron chi connectivity index (χ0n) is 13.3. The third-order valence-corrected chi connectivity index (χ3v) is 3.60. The molecule has 2 aromatic carbocycles. The molecule has 0 spiro atoms. The zero-order chi connectivity index (χ0) is 16.9. The third-order valence-electron chi connectivity index (χ3n) is 3.60. The van der Waals surface area contributed by atoms with E-state index in [1.807, 2.05) is 30.3 Å². The van der Waals surface area contributed by atoms with Crippen molar-refractivity contribution in [3.05, 3.63) is 66.5 Å². The van der Waals surface area contributed by atoms with Crippen LogP contribution in [0.25, 0.3) is 11.0 Å². The molecule has 24 heavy (non-hydrogen) atoms. The van der Waals surface area contributed by atoms with Crippen molar-refractivity contribution in [2.24, 2.45) is 0 Å². The fourth-order valence-electron chi connectivity index (χ4n) is 2.45. The Morgan fingerprint density at radius 1 is 1.08 bits per heavy atom. The minimum atomic E-state index is -0.285. The van der Waals surface area contributed by atoms with Crippen molar-refractivity contribution in [2.75, 3.05) is 5.43 Å². The molecule has 2 N–H and O–H groups in total. The molecule has 1 heterocycles. The number of nitrogens with one attached hydrogen (secondary N) is 2. The number of rotatable bonds is 5. The van der Waals surface area contributed by atoms with Crippen molar-refractivity contribution in [2.45, 2.75) is 19.4 Å². The topological polar surface area (TPSA) is 76.0 Å². The Balaban J connectivity index is 1.57. The monoisotopic (exact) mass is 322 g/mol. The Kier molecular flexibility index (Phi) is 4.56. The lowest BCUT2D eigenvalue weighted by molar-refractivity contribution is -0.117. The zero-order valence-corrected chi connectivity index (χ0v) is 13.3. The second-order valence-electron chi connectivity index (χ2n) is 5.58. The summed E-state index contributed by atoms with van der Waals surface area (Å²) in [6.07, 6.45) is 1.74. The van der Waals surface area contributed by atoms with Gasteiger partial charge in [0.05, 0.1) is 11.0 Å². The van der Waals surface area contributed by atoms with Gasteiger partial charge in [0.15, 0.2) is 0 Å². The number of para-hydroxylation sites is 2. The molecule has 2 amide bonds. The summed E-state index contributed by atoms with van der Waals surface area (Å²) in [5, 5.41) is 2.82. The summed E-state index contributed by atoms with van der Waals surface area (Å²) in [6.45, 7) is 1.80. The number of carbonyl (C=O) groups is 2. The van der Waals surface area contributed by atoms with Crippen LogP contribution in [-0.2, 0) is 4.79 Å². The van der Waals surface area contributed by atoms with Crippen molar-refractivity contribution in [1.29, 1.82) is 0 Å². The summed E-state index contributed by atoms with van der Waals surface area (Å²) in [4.78, 5) is 28.5. The van der Waals surface area contributed by atoms with E-state index in [9.17, 15) is 9.59 Å². The smallest absolute Gasteiger partial charge is 0.251 e. The van der Waals surface area contributed by atoms with Gasteiger partial charge in [-0.1, -0.05) is 30.3 Å². The molecule has 0 aliphatic rings. The average molecular weight is 322 g/mol. The normalized spacial score (nSPS) is 11.9. The Bertz CT molecular complexity index is 858. The number of aromatic nitrogens is 2. The van der Waals surface area contributed by atoms with Gasteiger partial charge in [0, 0.05) is 18.0 Å². The van der Waals surface area contributed by atoms with Gasteiger partial charge in [0.1, 0.15) is 6.33 Å². The molecule has 122 valence electrons. The van der Waals surface area contributed by atoms with E-state index in [2.05, 4.69) is 15.7 Å². The average Bonchev–Trinajstić information content (AvgIpc) is 2.98. The molecule has 3 rings (SSSR count). The largest absolute Gasteiger partial charge is 0.349 e. The van der Waals surface area contributed by atoms with E-state index in [4.69, 9.17) is 0 Å². The molecule has 0 saturated carbocycles. The first-order chi connectivity index (χ1) is 11.6. The highest BCUT2D eigenvalue weighted by atomic mass is 16.2. The van der Waals surface area contributed by atoms with Crippen molar-refractivity contribution in [3.8, 4) is 0 Å². The van der Waals surface area contributed by atoms with Crippen LogP contribution in [0.3, 0.4) is 0 Å². The van der Waals surface area contributed by atoms with E-state index >= 15 is 0 Å². The number of fused-ring (bicyclic) bond motifs is 1. The van der Waals surface area contributed by atoms with Crippen molar-refractivity contribution < 1.29 is 9.59 Å². The van der Waals surface area contributed by atoms with Gasteiger partial charge in [-0.3, -0.25) is 15.0 Å². The van der Waals surface area contributed by atoms with Gasteiger partial charge in [0.25, 0.3) is 5.91 Å². The van der Waals surface area contributed by atoms with Gasteiger partial charge < -0.3 is 5.32 Å². The number of imidazole rings is 1.